The van der Waals surface area contributed by atoms with Crippen LogP contribution < -0.4 is 5.32 Å². The predicted octanol–water partition coefficient (Wildman–Crippen LogP) is 5.59. The number of nitrogens with zero attached hydrogens (tertiary/aromatic N) is 3. The van der Waals surface area contributed by atoms with E-state index in [2.05, 4.69) is 34.5 Å². The van der Waals surface area contributed by atoms with Gasteiger partial charge in [0.05, 0.1) is 24.4 Å². The van der Waals surface area contributed by atoms with Gasteiger partial charge in [-0.1, -0.05) is 66.7 Å². The van der Waals surface area contributed by atoms with Crippen molar-refractivity contribution in [3.05, 3.63) is 101 Å². The van der Waals surface area contributed by atoms with Crippen LogP contribution in [0.3, 0.4) is 0 Å². The molecule has 33 heavy (non-hydrogen) atoms. The maximum absolute atomic E-state index is 13.1. The van der Waals surface area contributed by atoms with Gasteiger partial charge in [-0.15, -0.1) is 0 Å². The molecule has 1 atom stereocenters. The Hall–Kier alpha value is -4.13. The summed E-state index contributed by atoms with van der Waals surface area (Å²) in [4.78, 5) is 19.4. The fraction of sp³-hybridized carbons (Fsp3) is 0.192. The van der Waals surface area contributed by atoms with E-state index in [1.807, 2.05) is 55.5 Å². The van der Waals surface area contributed by atoms with Crippen molar-refractivity contribution in [1.29, 1.82) is 0 Å². The number of amides is 2. The van der Waals surface area contributed by atoms with Gasteiger partial charge in [0.25, 0.3) is 5.89 Å². The van der Waals surface area contributed by atoms with Gasteiger partial charge in [0.1, 0.15) is 5.76 Å². The zero-order valence-corrected chi connectivity index (χ0v) is 18.5. The molecule has 1 N–H and O–H groups in total. The van der Waals surface area contributed by atoms with E-state index in [4.69, 9.17) is 8.94 Å². The Balaban J connectivity index is 1.59. The van der Waals surface area contributed by atoms with Crippen LogP contribution in [0, 0.1) is 0 Å². The normalized spacial score (nSPS) is 16.2. The van der Waals surface area contributed by atoms with Crippen LogP contribution in [-0.4, -0.2) is 21.1 Å². The predicted molar refractivity (Wildman–Crippen MR) is 124 cm³/mol. The van der Waals surface area contributed by atoms with Crippen molar-refractivity contribution < 1.29 is 13.7 Å². The van der Waals surface area contributed by atoms with Crippen molar-refractivity contribution in [2.45, 2.75) is 32.9 Å². The lowest BCUT2D eigenvalue weighted by Gasteiger charge is -2.34. The summed E-state index contributed by atoms with van der Waals surface area (Å²) in [7, 11) is 0. The largest absolute Gasteiger partial charge is 0.467 e. The number of carbonyl (C=O) groups is 1. The molecular formula is C26H24N4O3. The Morgan fingerprint density at radius 1 is 1.03 bits per heavy atom. The molecule has 7 nitrogen and oxygen atoms in total. The lowest BCUT2D eigenvalue weighted by atomic mass is 9.93. The number of allylic oxidation sites excluding steroid dienone is 1. The van der Waals surface area contributed by atoms with Crippen molar-refractivity contribution in [1.82, 2.24) is 20.4 Å². The average molecular weight is 441 g/mol. The summed E-state index contributed by atoms with van der Waals surface area (Å²) in [6.07, 6.45) is 2.54. The number of carbonyl (C=O) groups excluding carboxylic acids is 1. The molecule has 0 fully saturated rings. The monoisotopic (exact) mass is 440 g/mol. The third kappa shape index (κ3) is 4.05. The third-order valence-electron chi connectivity index (χ3n) is 5.90. The van der Waals surface area contributed by atoms with Crippen LogP contribution >= 0.6 is 0 Å². The molecule has 3 heterocycles. The second kappa shape index (κ2) is 8.78. The minimum Gasteiger partial charge on any atom is -0.467 e. The van der Waals surface area contributed by atoms with Gasteiger partial charge < -0.3 is 14.3 Å². The Kier molecular flexibility index (Phi) is 5.52. The summed E-state index contributed by atoms with van der Waals surface area (Å²) in [5.74, 6) is 1.56. The summed E-state index contributed by atoms with van der Waals surface area (Å²) >= 11 is 0. The SMILES string of the molecule is CCc1ccc(C2NC(=O)N(Cc3ccco3)C(C)=C2c2nc(-c3ccccc3)no2)cc1. The Bertz CT molecular complexity index is 1270. The number of hydrogen-bond acceptors (Lipinski definition) is 5. The van der Waals surface area contributed by atoms with E-state index < -0.39 is 6.04 Å². The van der Waals surface area contributed by atoms with E-state index in [1.54, 1.807) is 17.2 Å². The first-order chi connectivity index (χ1) is 16.1. The number of benzene rings is 2. The van der Waals surface area contributed by atoms with Crippen LogP contribution in [-0.2, 0) is 13.0 Å². The lowest BCUT2D eigenvalue weighted by Crippen LogP contribution is -2.45. The van der Waals surface area contributed by atoms with Gasteiger partial charge >= 0.3 is 6.03 Å². The Morgan fingerprint density at radius 2 is 1.82 bits per heavy atom. The zero-order chi connectivity index (χ0) is 22.8. The molecule has 1 unspecified atom stereocenters. The summed E-state index contributed by atoms with van der Waals surface area (Å²) < 4.78 is 11.2. The second-order valence-electron chi connectivity index (χ2n) is 7.93. The van der Waals surface area contributed by atoms with Crippen molar-refractivity contribution >= 4 is 11.6 Å². The van der Waals surface area contributed by atoms with Gasteiger partial charge in [0, 0.05) is 11.3 Å². The molecule has 2 amide bonds. The first kappa shape index (κ1) is 20.8. The maximum Gasteiger partial charge on any atom is 0.322 e. The number of hydrogen-bond donors (Lipinski definition) is 1. The molecule has 0 radical (unpaired) electrons. The quantitative estimate of drug-likeness (QED) is 0.422. The van der Waals surface area contributed by atoms with Crippen molar-refractivity contribution in [3.8, 4) is 11.4 Å². The summed E-state index contributed by atoms with van der Waals surface area (Å²) in [6.45, 7) is 4.31. The van der Waals surface area contributed by atoms with Crippen LogP contribution in [0.4, 0.5) is 4.79 Å². The molecule has 2 aromatic heterocycles. The molecule has 166 valence electrons. The van der Waals surface area contributed by atoms with Crippen LogP contribution in [0.2, 0.25) is 0 Å². The molecule has 5 rings (SSSR count). The van der Waals surface area contributed by atoms with E-state index in [1.165, 1.54) is 5.56 Å². The van der Waals surface area contributed by atoms with E-state index in [0.29, 0.717) is 24.0 Å². The average Bonchev–Trinajstić information content (AvgIpc) is 3.54. The van der Waals surface area contributed by atoms with E-state index in [9.17, 15) is 4.79 Å². The van der Waals surface area contributed by atoms with Gasteiger partial charge in [0.15, 0.2) is 0 Å². The fourth-order valence-corrected chi connectivity index (χ4v) is 4.04. The third-order valence-corrected chi connectivity index (χ3v) is 5.90. The minimum absolute atomic E-state index is 0.208. The number of urea groups is 1. The Labute approximate surface area is 191 Å². The number of furan rings is 1. The second-order valence-corrected chi connectivity index (χ2v) is 7.93. The highest BCUT2D eigenvalue weighted by atomic mass is 16.5. The Morgan fingerprint density at radius 3 is 2.52 bits per heavy atom. The van der Waals surface area contributed by atoms with Gasteiger partial charge in [-0.2, -0.15) is 4.98 Å². The highest BCUT2D eigenvalue weighted by Gasteiger charge is 2.36. The molecule has 0 aliphatic carbocycles. The summed E-state index contributed by atoms with van der Waals surface area (Å²) in [5.41, 5.74) is 4.55. The first-order valence-electron chi connectivity index (χ1n) is 10.9. The van der Waals surface area contributed by atoms with Gasteiger partial charge in [-0.25, -0.2) is 4.79 Å². The van der Waals surface area contributed by atoms with Crippen molar-refractivity contribution in [2.75, 3.05) is 0 Å². The van der Waals surface area contributed by atoms with Crippen molar-refractivity contribution in [2.24, 2.45) is 0 Å². The highest BCUT2D eigenvalue weighted by Crippen LogP contribution is 2.38. The highest BCUT2D eigenvalue weighted by molar-refractivity contribution is 5.86. The fourth-order valence-electron chi connectivity index (χ4n) is 4.04. The molecule has 0 saturated carbocycles. The molecule has 1 aliphatic rings. The number of nitrogens with one attached hydrogen (secondary N) is 1. The van der Waals surface area contributed by atoms with Crippen LogP contribution in [0.25, 0.3) is 17.0 Å². The first-order valence-corrected chi connectivity index (χ1v) is 10.9. The molecule has 0 bridgehead atoms. The van der Waals surface area contributed by atoms with Gasteiger partial charge in [0.2, 0.25) is 5.82 Å². The molecule has 0 spiro atoms. The van der Waals surface area contributed by atoms with Gasteiger partial charge in [-0.3, -0.25) is 4.90 Å². The van der Waals surface area contributed by atoms with Crippen molar-refractivity contribution in [3.63, 3.8) is 0 Å². The van der Waals surface area contributed by atoms with Gasteiger partial charge in [-0.05, 0) is 36.6 Å². The van der Waals surface area contributed by atoms with E-state index >= 15 is 0 Å². The minimum atomic E-state index is -0.416. The van der Waals surface area contributed by atoms with Crippen LogP contribution in [0.5, 0.6) is 0 Å². The molecule has 2 aromatic carbocycles. The lowest BCUT2D eigenvalue weighted by molar-refractivity contribution is 0.199. The molecule has 7 heteroatoms. The standard InChI is InChI=1S/C26H24N4O3/c1-3-18-11-13-19(14-12-18)23-22(25-28-24(29-33-25)20-8-5-4-6-9-20)17(2)30(26(31)27-23)16-21-10-7-15-32-21/h4-15,23H,3,16H2,1-2H3,(H,27,31). The topological polar surface area (TPSA) is 84.4 Å². The molecule has 0 saturated heterocycles. The molecular weight excluding hydrogens is 416 g/mol. The molecule has 4 aromatic rings. The number of aromatic nitrogens is 2. The smallest absolute Gasteiger partial charge is 0.322 e. The number of rotatable bonds is 6. The number of aryl methyl sites for hydroxylation is 1. The van der Waals surface area contributed by atoms with E-state index in [0.717, 1.165) is 28.8 Å². The zero-order valence-electron chi connectivity index (χ0n) is 18.5. The summed E-state index contributed by atoms with van der Waals surface area (Å²) in [5, 5.41) is 7.32. The van der Waals surface area contributed by atoms with E-state index in [-0.39, 0.29) is 6.03 Å². The summed E-state index contributed by atoms with van der Waals surface area (Å²) in [6, 6.07) is 20.9. The maximum atomic E-state index is 13.1. The van der Waals surface area contributed by atoms with Crippen LogP contribution in [0.15, 0.2) is 87.6 Å². The van der Waals surface area contributed by atoms with Crippen LogP contribution in [0.1, 0.15) is 42.7 Å². The molecule has 1 aliphatic heterocycles.